The summed E-state index contributed by atoms with van der Waals surface area (Å²) < 4.78 is 14.3. The van der Waals surface area contributed by atoms with Gasteiger partial charge in [-0.25, -0.2) is 9.37 Å². The Labute approximate surface area is 186 Å². The van der Waals surface area contributed by atoms with E-state index >= 15 is 0 Å². The molecule has 1 saturated heterocycles. The highest BCUT2D eigenvalue weighted by molar-refractivity contribution is 5.78. The zero-order valence-corrected chi connectivity index (χ0v) is 18.2. The van der Waals surface area contributed by atoms with E-state index in [2.05, 4.69) is 37.4 Å². The van der Waals surface area contributed by atoms with Crippen molar-refractivity contribution >= 4 is 29.0 Å². The number of amides is 1. The Morgan fingerprint density at radius 3 is 2.78 bits per heavy atom. The van der Waals surface area contributed by atoms with E-state index in [4.69, 9.17) is 5.73 Å². The molecule has 172 valence electrons. The van der Waals surface area contributed by atoms with Crippen molar-refractivity contribution in [2.45, 2.75) is 31.9 Å². The van der Waals surface area contributed by atoms with Crippen molar-refractivity contribution in [2.75, 3.05) is 48.8 Å². The number of likely N-dealkylation sites (N-methyl/N-ethyl adjacent to an activating group) is 1. The molecular formula is C22H30FN7O2. The zero-order chi connectivity index (χ0) is 22.7. The van der Waals surface area contributed by atoms with Crippen LogP contribution in [0.1, 0.15) is 24.8 Å². The third-order valence-corrected chi connectivity index (χ3v) is 6.30. The van der Waals surface area contributed by atoms with Gasteiger partial charge >= 0.3 is 0 Å². The van der Waals surface area contributed by atoms with E-state index in [1.54, 1.807) is 0 Å². The molecule has 0 unspecified atom stereocenters. The summed E-state index contributed by atoms with van der Waals surface area (Å²) >= 11 is 0. The smallest absolute Gasteiger partial charge is 0.229 e. The molecule has 1 saturated carbocycles. The minimum Gasteiger partial charge on any atom is -0.392 e. The number of carbonyl (C=O) groups is 1. The van der Waals surface area contributed by atoms with Gasteiger partial charge in [0.2, 0.25) is 11.9 Å². The monoisotopic (exact) mass is 443 g/mol. The molecule has 0 bridgehead atoms. The summed E-state index contributed by atoms with van der Waals surface area (Å²) in [5, 5.41) is 16.0. The first-order chi connectivity index (χ1) is 15.4. The fourth-order valence-electron chi connectivity index (χ4n) is 4.45. The van der Waals surface area contributed by atoms with E-state index in [0.29, 0.717) is 12.1 Å². The van der Waals surface area contributed by atoms with Crippen molar-refractivity contribution in [3.8, 4) is 0 Å². The highest BCUT2D eigenvalue weighted by atomic mass is 19.1. The highest BCUT2D eigenvalue weighted by Crippen LogP contribution is 2.30. The predicted molar refractivity (Wildman–Crippen MR) is 121 cm³/mol. The average molecular weight is 444 g/mol. The van der Waals surface area contributed by atoms with Crippen LogP contribution in [0.25, 0.3) is 0 Å². The molecule has 9 nitrogen and oxygen atoms in total. The Hall–Kier alpha value is -2.98. The van der Waals surface area contributed by atoms with Crippen LogP contribution in [0.15, 0.2) is 24.4 Å². The largest absolute Gasteiger partial charge is 0.392 e. The molecule has 10 heteroatoms. The Balaban J connectivity index is 1.49. The fourth-order valence-corrected chi connectivity index (χ4v) is 4.45. The molecule has 2 fully saturated rings. The molecule has 5 N–H and O–H groups in total. The summed E-state index contributed by atoms with van der Waals surface area (Å²) in [5.41, 5.74) is 7.97. The number of halogens is 1. The maximum absolute atomic E-state index is 14.3. The Kier molecular flexibility index (Phi) is 6.71. The van der Waals surface area contributed by atoms with Gasteiger partial charge in [0.05, 0.1) is 18.7 Å². The number of carbonyl (C=O) groups excluding carboxylic acids is 1. The van der Waals surface area contributed by atoms with Gasteiger partial charge in [-0.15, -0.1) is 0 Å². The Morgan fingerprint density at radius 2 is 2.06 bits per heavy atom. The van der Waals surface area contributed by atoms with Crippen molar-refractivity contribution in [3.63, 3.8) is 0 Å². The number of aromatic nitrogens is 2. The van der Waals surface area contributed by atoms with Gasteiger partial charge in [-0.2, -0.15) is 4.98 Å². The lowest BCUT2D eigenvalue weighted by Crippen LogP contribution is -2.44. The Morgan fingerprint density at radius 1 is 1.28 bits per heavy atom. The molecule has 1 aromatic heterocycles. The first-order valence-electron chi connectivity index (χ1n) is 11.0. The van der Waals surface area contributed by atoms with Crippen LogP contribution < -0.4 is 21.3 Å². The van der Waals surface area contributed by atoms with Crippen LogP contribution in [-0.2, 0) is 11.4 Å². The van der Waals surface area contributed by atoms with Crippen molar-refractivity contribution in [3.05, 3.63) is 35.8 Å². The number of nitrogens with two attached hydrogens (primary N) is 1. The Bertz CT molecular complexity index is 965. The van der Waals surface area contributed by atoms with Gasteiger partial charge in [0.1, 0.15) is 0 Å². The standard InChI is InChI=1S/C22H30FN7O2/c1-29-7-9-30(10-8-29)19-6-5-15(11-14(19)13-31)26-22-25-12-17(23)21(28-22)27-18-4-2-3-16(18)20(24)32/h5-6,11-12,16,18,31H,2-4,7-10,13H2,1H3,(H2,24,32)(H2,25,26,27,28)/t16-,18+/m1/s1. The molecule has 1 aliphatic carbocycles. The second kappa shape index (κ2) is 9.66. The van der Waals surface area contributed by atoms with Crippen LogP contribution in [0.2, 0.25) is 0 Å². The van der Waals surface area contributed by atoms with Gasteiger partial charge in [0.15, 0.2) is 11.6 Å². The summed E-state index contributed by atoms with van der Waals surface area (Å²) in [5.74, 6) is -1.05. The third-order valence-electron chi connectivity index (χ3n) is 6.30. The van der Waals surface area contributed by atoms with Crippen LogP contribution in [0.5, 0.6) is 0 Å². The van der Waals surface area contributed by atoms with Crippen LogP contribution in [0.4, 0.5) is 27.5 Å². The van der Waals surface area contributed by atoms with E-state index in [-0.39, 0.29) is 36.2 Å². The topological polar surface area (TPSA) is 120 Å². The van der Waals surface area contributed by atoms with Gasteiger partial charge in [-0.3, -0.25) is 4.79 Å². The first-order valence-corrected chi connectivity index (χ1v) is 11.0. The number of benzene rings is 1. The molecule has 2 aromatic rings. The normalized spacial score (nSPS) is 21.5. The number of rotatable bonds is 7. The summed E-state index contributed by atoms with van der Waals surface area (Å²) in [6.45, 7) is 3.66. The number of piperazine rings is 1. The van der Waals surface area contributed by atoms with Crippen molar-refractivity contribution in [2.24, 2.45) is 11.7 Å². The van der Waals surface area contributed by atoms with E-state index in [9.17, 15) is 14.3 Å². The summed E-state index contributed by atoms with van der Waals surface area (Å²) in [7, 11) is 2.10. The SMILES string of the molecule is CN1CCN(c2ccc(Nc3ncc(F)c(N[C@H]4CCC[C@H]4C(N)=O)n3)cc2CO)CC1. The molecule has 1 aromatic carbocycles. The molecule has 32 heavy (non-hydrogen) atoms. The minimum atomic E-state index is -0.591. The van der Waals surface area contributed by atoms with Gasteiger partial charge in [-0.1, -0.05) is 6.42 Å². The number of aliphatic hydroxyl groups is 1. The lowest BCUT2D eigenvalue weighted by molar-refractivity contribution is -0.121. The predicted octanol–water partition coefficient (Wildman–Crippen LogP) is 1.67. The van der Waals surface area contributed by atoms with Gasteiger partial charge in [0, 0.05) is 49.2 Å². The molecule has 0 radical (unpaired) electrons. The maximum atomic E-state index is 14.3. The zero-order valence-electron chi connectivity index (χ0n) is 18.2. The lowest BCUT2D eigenvalue weighted by Gasteiger charge is -2.35. The average Bonchev–Trinajstić information content (AvgIpc) is 3.25. The van der Waals surface area contributed by atoms with E-state index < -0.39 is 5.82 Å². The number of primary amides is 1. The number of hydrogen-bond acceptors (Lipinski definition) is 8. The van der Waals surface area contributed by atoms with Crippen LogP contribution >= 0.6 is 0 Å². The number of nitrogens with one attached hydrogen (secondary N) is 2. The number of anilines is 4. The third kappa shape index (κ3) is 4.91. The van der Waals surface area contributed by atoms with E-state index in [1.165, 1.54) is 0 Å². The maximum Gasteiger partial charge on any atom is 0.229 e. The summed E-state index contributed by atoms with van der Waals surface area (Å²) in [6, 6.07) is 5.48. The van der Waals surface area contributed by atoms with Crippen molar-refractivity contribution in [1.82, 2.24) is 14.9 Å². The van der Waals surface area contributed by atoms with E-state index in [0.717, 1.165) is 56.5 Å². The second-order valence-corrected chi connectivity index (χ2v) is 8.50. The molecule has 4 rings (SSSR count). The molecule has 1 aliphatic heterocycles. The van der Waals surface area contributed by atoms with Crippen molar-refractivity contribution in [1.29, 1.82) is 0 Å². The molecule has 2 heterocycles. The molecule has 2 aliphatic rings. The second-order valence-electron chi connectivity index (χ2n) is 8.50. The lowest BCUT2D eigenvalue weighted by atomic mass is 10.0. The first kappa shape index (κ1) is 22.2. The van der Waals surface area contributed by atoms with Crippen LogP contribution in [-0.4, -0.2) is 65.2 Å². The van der Waals surface area contributed by atoms with Crippen molar-refractivity contribution < 1.29 is 14.3 Å². The molecule has 1 amide bonds. The molecular weight excluding hydrogens is 413 g/mol. The number of hydrogen-bond donors (Lipinski definition) is 4. The number of nitrogens with zero attached hydrogens (tertiary/aromatic N) is 4. The number of aliphatic hydroxyl groups excluding tert-OH is 1. The molecule has 2 atom stereocenters. The minimum absolute atomic E-state index is 0.0390. The van der Waals surface area contributed by atoms with Crippen LogP contribution in [0, 0.1) is 11.7 Å². The van der Waals surface area contributed by atoms with Crippen LogP contribution in [0.3, 0.4) is 0 Å². The summed E-state index contributed by atoms with van der Waals surface area (Å²) in [4.78, 5) is 24.5. The fraction of sp³-hybridized carbons (Fsp3) is 0.500. The molecule has 0 spiro atoms. The summed E-state index contributed by atoms with van der Waals surface area (Å²) in [6.07, 6.45) is 3.37. The van der Waals surface area contributed by atoms with E-state index in [1.807, 2.05) is 18.2 Å². The van der Waals surface area contributed by atoms with Gasteiger partial charge in [-0.05, 0) is 38.1 Å². The van der Waals surface area contributed by atoms with Gasteiger partial charge < -0.3 is 31.3 Å². The quantitative estimate of drug-likeness (QED) is 0.510. The highest BCUT2D eigenvalue weighted by Gasteiger charge is 2.32. The van der Waals surface area contributed by atoms with Gasteiger partial charge in [0.25, 0.3) is 0 Å².